The van der Waals surface area contributed by atoms with Crippen LogP contribution in [0.25, 0.3) is 98.6 Å². The summed E-state index contributed by atoms with van der Waals surface area (Å²) in [6.07, 6.45) is 0. The van der Waals surface area contributed by atoms with Crippen molar-refractivity contribution in [1.82, 2.24) is 9.97 Å². The molecule has 45 heavy (non-hydrogen) atoms. The predicted molar refractivity (Wildman–Crippen MR) is 188 cm³/mol. The van der Waals surface area contributed by atoms with Gasteiger partial charge in [-0.3, -0.25) is 0 Å². The molecular formula is C42H24N2O. The molecule has 0 bridgehead atoms. The third-order valence-electron chi connectivity index (χ3n) is 9.22. The summed E-state index contributed by atoms with van der Waals surface area (Å²) in [5.41, 5.74) is 8.81. The van der Waals surface area contributed by atoms with E-state index in [-0.39, 0.29) is 0 Å². The fraction of sp³-hybridized carbons (Fsp3) is 0. The molecule has 10 aromatic rings. The Bertz CT molecular complexity index is 2770. The second-order valence-corrected chi connectivity index (χ2v) is 11.7. The van der Waals surface area contributed by atoms with E-state index in [9.17, 15) is 0 Å². The van der Waals surface area contributed by atoms with E-state index >= 15 is 0 Å². The lowest BCUT2D eigenvalue weighted by molar-refractivity contribution is 0.655. The molecule has 0 aliphatic heterocycles. The van der Waals surface area contributed by atoms with E-state index in [1.54, 1.807) is 0 Å². The lowest BCUT2D eigenvalue weighted by Crippen LogP contribution is -1.91. The maximum atomic E-state index is 6.21. The van der Waals surface area contributed by atoms with E-state index in [1.807, 2.05) is 24.3 Å². The van der Waals surface area contributed by atoms with Gasteiger partial charge in [0.1, 0.15) is 11.1 Å². The second kappa shape index (κ2) is 9.22. The van der Waals surface area contributed by atoms with E-state index in [2.05, 4.69) is 121 Å². The molecular weight excluding hydrogens is 548 g/mol. The van der Waals surface area contributed by atoms with Crippen LogP contribution in [-0.4, -0.2) is 9.97 Å². The Morgan fingerprint density at radius 3 is 1.62 bits per heavy atom. The molecule has 0 fully saturated rings. The van der Waals surface area contributed by atoms with Crippen molar-refractivity contribution in [2.24, 2.45) is 0 Å². The molecule has 3 heteroatoms. The highest BCUT2D eigenvalue weighted by Gasteiger charge is 2.19. The number of benzene rings is 8. The van der Waals surface area contributed by atoms with Crippen LogP contribution in [0.3, 0.4) is 0 Å². The number of nitrogens with zero attached hydrogens (tertiary/aromatic N) is 2. The summed E-state index contributed by atoms with van der Waals surface area (Å²) in [4.78, 5) is 9.76. The first-order chi connectivity index (χ1) is 22.3. The van der Waals surface area contributed by atoms with Gasteiger partial charge in [0.15, 0.2) is 0 Å². The molecule has 0 atom stereocenters. The molecule has 0 radical (unpaired) electrons. The normalized spacial score (nSPS) is 12.0. The maximum absolute atomic E-state index is 6.21. The summed E-state index contributed by atoms with van der Waals surface area (Å²) in [6.45, 7) is 0. The van der Waals surface area contributed by atoms with Crippen molar-refractivity contribution in [2.45, 2.75) is 0 Å². The number of para-hydroxylation sites is 2. The third kappa shape index (κ3) is 3.58. The van der Waals surface area contributed by atoms with Gasteiger partial charge in [0.2, 0.25) is 5.71 Å². The first kappa shape index (κ1) is 24.4. The molecule has 0 saturated heterocycles. The Morgan fingerprint density at radius 2 is 0.933 bits per heavy atom. The van der Waals surface area contributed by atoms with Crippen molar-refractivity contribution >= 4 is 76.3 Å². The predicted octanol–water partition coefficient (Wildman–Crippen LogP) is 11.5. The lowest BCUT2D eigenvalue weighted by Gasteiger charge is -2.18. The fourth-order valence-electron chi connectivity index (χ4n) is 7.21. The topological polar surface area (TPSA) is 38.9 Å². The van der Waals surface area contributed by atoms with E-state index in [0.29, 0.717) is 5.71 Å². The molecule has 8 aromatic carbocycles. The van der Waals surface area contributed by atoms with Crippen LogP contribution in [-0.2, 0) is 0 Å². The van der Waals surface area contributed by atoms with Crippen LogP contribution in [0.1, 0.15) is 0 Å². The summed E-state index contributed by atoms with van der Waals surface area (Å²) >= 11 is 0. The number of hydrogen-bond donors (Lipinski definition) is 0. The molecule has 0 aliphatic carbocycles. The Hall–Kier alpha value is -6.06. The van der Waals surface area contributed by atoms with Crippen LogP contribution < -0.4 is 0 Å². The zero-order valence-corrected chi connectivity index (χ0v) is 24.2. The molecule has 208 valence electrons. The number of furan rings is 1. The molecule has 0 amide bonds. The van der Waals surface area contributed by atoms with Crippen molar-refractivity contribution in [3.63, 3.8) is 0 Å². The smallest absolute Gasteiger partial charge is 0.246 e. The monoisotopic (exact) mass is 572 g/mol. The molecule has 3 nitrogen and oxygen atoms in total. The minimum atomic E-state index is 0.571. The highest BCUT2D eigenvalue weighted by atomic mass is 16.3. The molecule has 0 aliphatic rings. The van der Waals surface area contributed by atoms with Crippen molar-refractivity contribution in [3.05, 3.63) is 146 Å². The van der Waals surface area contributed by atoms with E-state index < -0.39 is 0 Å². The zero-order valence-electron chi connectivity index (χ0n) is 24.2. The number of fused-ring (bicyclic) bond motifs is 9. The minimum absolute atomic E-state index is 0.571. The molecule has 0 unspecified atom stereocenters. The van der Waals surface area contributed by atoms with E-state index in [4.69, 9.17) is 14.4 Å². The average molecular weight is 573 g/mol. The molecule has 2 aromatic heterocycles. The van der Waals surface area contributed by atoms with Gasteiger partial charge in [-0.25, -0.2) is 9.97 Å². The number of hydrogen-bond acceptors (Lipinski definition) is 3. The Kier molecular flexibility index (Phi) is 5.00. The first-order valence-corrected chi connectivity index (χ1v) is 15.2. The highest BCUT2D eigenvalue weighted by molar-refractivity contribution is 6.23. The first-order valence-electron chi connectivity index (χ1n) is 15.2. The SMILES string of the molecule is c1ccc2cc(-c3c4ccccc4c(-c4ccc5c(ccc6oc7nc8ccccc8nc7c65)c4)c4ccccc34)ccc2c1. The summed E-state index contributed by atoms with van der Waals surface area (Å²) in [6, 6.07) is 52.0. The van der Waals surface area contributed by atoms with Gasteiger partial charge in [0.05, 0.1) is 16.4 Å². The van der Waals surface area contributed by atoms with E-state index in [0.717, 1.165) is 38.3 Å². The van der Waals surface area contributed by atoms with Gasteiger partial charge >= 0.3 is 0 Å². The lowest BCUT2D eigenvalue weighted by atomic mass is 9.85. The zero-order chi connectivity index (χ0) is 29.5. The number of rotatable bonds is 2. The standard InChI is InChI=1S/C42H24N2O/c1-2-10-26-23-28(18-17-25(26)9-1)38-31-11-3-5-13-33(31)39(34-14-6-4-12-32(34)38)29-19-21-30-27(24-29)20-22-37-40(30)41-42(45-37)44-36-16-8-7-15-35(36)43-41/h1-24H. The van der Waals surface area contributed by atoms with Gasteiger partial charge in [-0.15, -0.1) is 0 Å². The second-order valence-electron chi connectivity index (χ2n) is 11.7. The summed E-state index contributed by atoms with van der Waals surface area (Å²) < 4.78 is 6.21. The van der Waals surface area contributed by atoms with Gasteiger partial charge in [-0.05, 0) is 95.7 Å². The van der Waals surface area contributed by atoms with Gasteiger partial charge in [-0.1, -0.05) is 115 Å². The largest absolute Gasteiger partial charge is 0.436 e. The van der Waals surface area contributed by atoms with Crippen LogP contribution in [0.15, 0.2) is 150 Å². The molecule has 0 spiro atoms. The molecule has 0 saturated carbocycles. The van der Waals surface area contributed by atoms with Crippen molar-refractivity contribution < 1.29 is 4.42 Å². The van der Waals surface area contributed by atoms with Crippen LogP contribution in [0.5, 0.6) is 0 Å². The fourth-order valence-corrected chi connectivity index (χ4v) is 7.21. The van der Waals surface area contributed by atoms with Gasteiger partial charge in [-0.2, -0.15) is 0 Å². The van der Waals surface area contributed by atoms with Gasteiger partial charge in [0, 0.05) is 0 Å². The van der Waals surface area contributed by atoms with Crippen LogP contribution >= 0.6 is 0 Å². The van der Waals surface area contributed by atoms with Gasteiger partial charge < -0.3 is 4.42 Å². The average Bonchev–Trinajstić information content (AvgIpc) is 3.46. The summed E-state index contributed by atoms with van der Waals surface area (Å²) in [7, 11) is 0. The molecule has 2 heterocycles. The Morgan fingerprint density at radius 1 is 0.400 bits per heavy atom. The minimum Gasteiger partial charge on any atom is -0.436 e. The quantitative estimate of drug-likeness (QED) is 0.193. The number of aromatic nitrogens is 2. The Labute approximate surface area is 258 Å². The van der Waals surface area contributed by atoms with Crippen molar-refractivity contribution in [1.29, 1.82) is 0 Å². The van der Waals surface area contributed by atoms with Crippen LogP contribution in [0, 0.1) is 0 Å². The Balaban J connectivity index is 1.25. The third-order valence-corrected chi connectivity index (χ3v) is 9.22. The summed E-state index contributed by atoms with van der Waals surface area (Å²) in [5.74, 6) is 0. The van der Waals surface area contributed by atoms with E-state index in [1.165, 1.54) is 54.6 Å². The van der Waals surface area contributed by atoms with Crippen molar-refractivity contribution in [2.75, 3.05) is 0 Å². The summed E-state index contributed by atoms with van der Waals surface area (Å²) in [5, 5.41) is 10.7. The van der Waals surface area contributed by atoms with Crippen LogP contribution in [0.2, 0.25) is 0 Å². The van der Waals surface area contributed by atoms with Crippen molar-refractivity contribution in [3.8, 4) is 22.3 Å². The molecule has 0 N–H and O–H groups in total. The molecule has 10 rings (SSSR count). The highest BCUT2D eigenvalue weighted by Crippen LogP contribution is 2.45. The maximum Gasteiger partial charge on any atom is 0.246 e. The van der Waals surface area contributed by atoms with Gasteiger partial charge in [0.25, 0.3) is 0 Å². The van der Waals surface area contributed by atoms with Crippen LogP contribution in [0.4, 0.5) is 0 Å².